The van der Waals surface area contributed by atoms with Crippen LogP contribution in [0, 0.1) is 12.3 Å². The van der Waals surface area contributed by atoms with E-state index in [1.54, 1.807) is 0 Å². The molecule has 92 valence electrons. The van der Waals surface area contributed by atoms with E-state index in [4.69, 9.17) is 6.42 Å². The van der Waals surface area contributed by atoms with E-state index in [2.05, 4.69) is 20.8 Å². The summed E-state index contributed by atoms with van der Waals surface area (Å²) in [5.41, 5.74) is 1.34. The second-order valence-electron chi connectivity index (χ2n) is 4.68. The number of rotatable bonds is 5. The minimum Gasteiger partial charge on any atom is -0.333 e. The summed E-state index contributed by atoms with van der Waals surface area (Å²) in [6, 6.07) is 0.499. The van der Waals surface area contributed by atoms with Gasteiger partial charge >= 0.3 is 0 Å². The lowest BCUT2D eigenvalue weighted by atomic mass is 10.0. The van der Waals surface area contributed by atoms with Crippen LogP contribution in [0.2, 0.25) is 0 Å². The Morgan fingerprint density at radius 1 is 1.47 bits per heavy atom. The third kappa shape index (κ3) is 3.34. The zero-order valence-corrected chi connectivity index (χ0v) is 10.4. The third-order valence-electron chi connectivity index (χ3n) is 3.38. The van der Waals surface area contributed by atoms with E-state index in [-0.39, 0.29) is 0 Å². The highest BCUT2D eigenvalue weighted by molar-refractivity contribution is 5.06. The summed E-state index contributed by atoms with van der Waals surface area (Å²) in [7, 11) is 0. The van der Waals surface area contributed by atoms with Crippen LogP contribution in [0.3, 0.4) is 0 Å². The minimum absolute atomic E-state index is 0.499. The zero-order chi connectivity index (χ0) is 11.9. The Kier molecular flexibility index (Phi) is 4.63. The maximum Gasteiger partial charge on any atom is 0.0948 e. The number of aromatic nitrogens is 2. The molecule has 17 heavy (non-hydrogen) atoms. The summed E-state index contributed by atoms with van der Waals surface area (Å²) >= 11 is 0. The molecule has 1 unspecified atom stereocenters. The molecule has 0 amide bonds. The Hall–Kier alpha value is -1.27. The molecular weight excluding hydrogens is 210 g/mol. The van der Waals surface area contributed by atoms with Gasteiger partial charge in [-0.1, -0.05) is 6.42 Å². The highest BCUT2D eigenvalue weighted by Gasteiger charge is 2.17. The molecule has 1 aliphatic rings. The Balaban J connectivity index is 1.89. The lowest BCUT2D eigenvalue weighted by Crippen LogP contribution is -2.28. The van der Waals surface area contributed by atoms with E-state index in [9.17, 15) is 0 Å². The first kappa shape index (κ1) is 12.2. The number of aryl methyl sites for hydroxylation is 1. The molecule has 1 saturated heterocycles. The summed E-state index contributed by atoms with van der Waals surface area (Å²) in [6.45, 7) is 2.17. The molecule has 0 spiro atoms. The normalized spacial score (nSPS) is 20.1. The molecule has 2 rings (SSSR count). The van der Waals surface area contributed by atoms with Crippen molar-refractivity contribution in [2.75, 3.05) is 6.54 Å². The minimum atomic E-state index is 0.499. The quantitative estimate of drug-likeness (QED) is 0.623. The van der Waals surface area contributed by atoms with Crippen LogP contribution in [-0.2, 0) is 6.54 Å². The van der Waals surface area contributed by atoms with E-state index < -0.39 is 0 Å². The summed E-state index contributed by atoms with van der Waals surface area (Å²) in [4.78, 5) is 4.28. The smallest absolute Gasteiger partial charge is 0.0948 e. The first-order valence-electron chi connectivity index (χ1n) is 6.58. The highest BCUT2D eigenvalue weighted by Crippen LogP contribution is 2.22. The molecule has 0 aliphatic carbocycles. The predicted octanol–water partition coefficient (Wildman–Crippen LogP) is 2.50. The molecule has 3 nitrogen and oxygen atoms in total. The number of nitrogens with one attached hydrogen (secondary N) is 1. The van der Waals surface area contributed by atoms with Crippen molar-refractivity contribution in [1.82, 2.24) is 14.9 Å². The molecule has 1 N–H and O–H groups in total. The van der Waals surface area contributed by atoms with Crippen LogP contribution in [0.5, 0.6) is 0 Å². The van der Waals surface area contributed by atoms with Crippen LogP contribution in [0.25, 0.3) is 0 Å². The number of nitrogens with zero attached hydrogens (tertiary/aromatic N) is 2. The van der Waals surface area contributed by atoms with Crippen molar-refractivity contribution in [3.8, 4) is 12.3 Å². The van der Waals surface area contributed by atoms with Gasteiger partial charge in [-0.15, -0.1) is 12.3 Å². The average Bonchev–Trinajstić information content (AvgIpc) is 2.84. The number of piperidine rings is 1. The Morgan fingerprint density at radius 2 is 2.41 bits per heavy atom. The maximum absolute atomic E-state index is 5.26. The number of unbranched alkanes of at least 4 members (excludes halogenated alkanes) is 2. The molecule has 3 heteroatoms. The second kappa shape index (κ2) is 6.46. The number of terminal acetylenes is 1. The fourth-order valence-electron chi connectivity index (χ4n) is 2.42. The average molecular weight is 231 g/mol. The second-order valence-corrected chi connectivity index (χ2v) is 4.68. The topological polar surface area (TPSA) is 29.9 Å². The number of imidazole rings is 1. The lowest BCUT2D eigenvalue weighted by Gasteiger charge is -2.24. The van der Waals surface area contributed by atoms with Crippen molar-refractivity contribution < 1.29 is 0 Å². The fourth-order valence-corrected chi connectivity index (χ4v) is 2.42. The standard InChI is InChI=1S/C14H21N3/c1-2-3-4-7-10-17-12-15-11-14(17)13-8-5-6-9-16-13/h1,11-13,16H,3-10H2. The maximum atomic E-state index is 5.26. The number of hydrogen-bond donors (Lipinski definition) is 1. The van der Waals surface area contributed by atoms with Crippen LogP contribution in [-0.4, -0.2) is 16.1 Å². The van der Waals surface area contributed by atoms with Gasteiger partial charge in [0.1, 0.15) is 0 Å². The summed E-state index contributed by atoms with van der Waals surface area (Å²) in [5.74, 6) is 2.69. The van der Waals surface area contributed by atoms with Crippen LogP contribution in [0.15, 0.2) is 12.5 Å². The first-order valence-corrected chi connectivity index (χ1v) is 6.58. The molecular formula is C14H21N3. The van der Waals surface area contributed by atoms with Gasteiger partial charge in [0.05, 0.1) is 12.0 Å². The van der Waals surface area contributed by atoms with Gasteiger partial charge in [-0.05, 0) is 32.2 Å². The van der Waals surface area contributed by atoms with E-state index in [1.165, 1.54) is 25.0 Å². The Labute approximate surface area is 104 Å². The molecule has 1 fully saturated rings. The number of hydrogen-bond acceptors (Lipinski definition) is 2. The molecule has 1 aromatic heterocycles. The van der Waals surface area contributed by atoms with Gasteiger partial charge in [-0.2, -0.15) is 0 Å². The molecule has 0 radical (unpaired) electrons. The summed E-state index contributed by atoms with van der Waals surface area (Å²) < 4.78 is 2.28. The van der Waals surface area contributed by atoms with Gasteiger partial charge in [0, 0.05) is 25.2 Å². The third-order valence-corrected chi connectivity index (χ3v) is 3.38. The Bertz CT molecular complexity index is 369. The predicted molar refractivity (Wildman–Crippen MR) is 69.5 cm³/mol. The summed E-state index contributed by atoms with van der Waals surface area (Å²) in [6.07, 6.45) is 16.2. The SMILES string of the molecule is C#CCCCCn1cncc1C1CCCCN1. The Morgan fingerprint density at radius 3 is 3.18 bits per heavy atom. The summed E-state index contributed by atoms with van der Waals surface area (Å²) in [5, 5.41) is 3.57. The van der Waals surface area contributed by atoms with Gasteiger partial charge in [0.25, 0.3) is 0 Å². The lowest BCUT2D eigenvalue weighted by molar-refractivity contribution is 0.391. The van der Waals surface area contributed by atoms with Crippen molar-refractivity contribution >= 4 is 0 Å². The van der Waals surface area contributed by atoms with Crippen molar-refractivity contribution in [2.45, 2.75) is 51.1 Å². The largest absolute Gasteiger partial charge is 0.333 e. The zero-order valence-electron chi connectivity index (χ0n) is 10.4. The van der Waals surface area contributed by atoms with Crippen LogP contribution in [0.4, 0.5) is 0 Å². The van der Waals surface area contributed by atoms with Crippen LogP contribution < -0.4 is 5.32 Å². The van der Waals surface area contributed by atoms with Crippen molar-refractivity contribution in [2.24, 2.45) is 0 Å². The molecule has 0 aromatic carbocycles. The molecule has 0 saturated carbocycles. The van der Waals surface area contributed by atoms with Gasteiger partial charge < -0.3 is 9.88 Å². The van der Waals surface area contributed by atoms with Crippen molar-refractivity contribution in [3.05, 3.63) is 18.2 Å². The van der Waals surface area contributed by atoms with Crippen LogP contribution >= 0.6 is 0 Å². The van der Waals surface area contributed by atoms with E-state index in [0.717, 1.165) is 32.4 Å². The van der Waals surface area contributed by atoms with Gasteiger partial charge in [-0.25, -0.2) is 4.98 Å². The van der Waals surface area contributed by atoms with Crippen LogP contribution in [0.1, 0.15) is 50.3 Å². The molecule has 1 aliphatic heterocycles. The van der Waals surface area contributed by atoms with Gasteiger partial charge in [0.15, 0.2) is 0 Å². The van der Waals surface area contributed by atoms with E-state index in [1.807, 2.05) is 12.5 Å². The monoisotopic (exact) mass is 231 g/mol. The molecule has 1 atom stereocenters. The van der Waals surface area contributed by atoms with Crippen molar-refractivity contribution in [3.63, 3.8) is 0 Å². The molecule has 2 heterocycles. The van der Waals surface area contributed by atoms with E-state index >= 15 is 0 Å². The van der Waals surface area contributed by atoms with Gasteiger partial charge in [-0.3, -0.25) is 0 Å². The van der Waals surface area contributed by atoms with Crippen molar-refractivity contribution in [1.29, 1.82) is 0 Å². The molecule has 0 bridgehead atoms. The van der Waals surface area contributed by atoms with E-state index in [0.29, 0.717) is 6.04 Å². The molecule has 1 aromatic rings. The van der Waals surface area contributed by atoms with Gasteiger partial charge in [0.2, 0.25) is 0 Å². The highest BCUT2D eigenvalue weighted by atomic mass is 15.1. The fraction of sp³-hybridized carbons (Fsp3) is 0.643. The first-order chi connectivity index (χ1) is 8.42.